The van der Waals surface area contributed by atoms with Crippen molar-refractivity contribution in [2.75, 3.05) is 13.1 Å². The molecule has 0 saturated carbocycles. The molecule has 1 spiro atoms. The number of nitrogens with one attached hydrogen (secondary N) is 2. The van der Waals surface area contributed by atoms with Crippen LogP contribution < -0.4 is 10.6 Å². The van der Waals surface area contributed by atoms with Gasteiger partial charge >= 0.3 is 0 Å². The van der Waals surface area contributed by atoms with Crippen LogP contribution in [0.3, 0.4) is 0 Å². The zero-order valence-corrected chi connectivity index (χ0v) is 6.14. The molecule has 0 aromatic rings. The summed E-state index contributed by atoms with van der Waals surface area (Å²) in [6.07, 6.45) is 1.17. The maximum Gasteiger partial charge on any atom is 0.228 e. The number of carbonyl (C=O) groups excluding carboxylic acids is 2. The summed E-state index contributed by atoms with van der Waals surface area (Å²) in [6, 6.07) is 0. The van der Waals surface area contributed by atoms with E-state index in [1.54, 1.807) is 0 Å². The van der Waals surface area contributed by atoms with Crippen LogP contribution in [0.1, 0.15) is 12.8 Å². The van der Waals surface area contributed by atoms with Crippen molar-refractivity contribution in [1.82, 2.24) is 10.6 Å². The van der Waals surface area contributed by atoms with Crippen LogP contribution >= 0.6 is 0 Å². The van der Waals surface area contributed by atoms with Crippen molar-refractivity contribution in [3.63, 3.8) is 0 Å². The molecule has 11 heavy (non-hydrogen) atoms. The largest absolute Gasteiger partial charge is 0.356 e. The minimum absolute atomic E-state index is 0.00190. The van der Waals surface area contributed by atoms with E-state index in [2.05, 4.69) is 10.6 Å². The SMILES string of the molecule is O=C1CC2(CCNC2=O)CN1. The molecular formula is C7H10N2O2. The van der Waals surface area contributed by atoms with E-state index in [1.807, 2.05) is 0 Å². The molecule has 4 nitrogen and oxygen atoms in total. The van der Waals surface area contributed by atoms with Crippen molar-refractivity contribution >= 4 is 11.8 Å². The summed E-state index contributed by atoms with van der Waals surface area (Å²) in [5, 5.41) is 5.42. The van der Waals surface area contributed by atoms with Gasteiger partial charge in [-0.1, -0.05) is 0 Å². The van der Waals surface area contributed by atoms with E-state index in [0.717, 1.165) is 6.42 Å². The first kappa shape index (κ1) is 6.64. The molecule has 0 bridgehead atoms. The zero-order chi connectivity index (χ0) is 7.90. The van der Waals surface area contributed by atoms with E-state index >= 15 is 0 Å². The van der Waals surface area contributed by atoms with Crippen LogP contribution in [0.2, 0.25) is 0 Å². The third-order valence-corrected chi connectivity index (χ3v) is 2.49. The Morgan fingerprint density at radius 3 is 2.55 bits per heavy atom. The first-order valence-corrected chi connectivity index (χ1v) is 3.78. The number of hydrogen-bond donors (Lipinski definition) is 2. The Hall–Kier alpha value is -1.06. The highest BCUT2D eigenvalue weighted by molar-refractivity contribution is 5.93. The Morgan fingerprint density at radius 1 is 1.27 bits per heavy atom. The summed E-state index contributed by atoms with van der Waals surface area (Å²) >= 11 is 0. The Kier molecular flexibility index (Phi) is 1.19. The van der Waals surface area contributed by atoms with Gasteiger partial charge in [0, 0.05) is 19.5 Å². The maximum atomic E-state index is 11.2. The third kappa shape index (κ3) is 0.818. The van der Waals surface area contributed by atoms with Gasteiger partial charge < -0.3 is 10.6 Å². The summed E-state index contributed by atoms with van der Waals surface area (Å²) < 4.78 is 0. The molecule has 2 N–H and O–H groups in total. The van der Waals surface area contributed by atoms with Gasteiger partial charge in [-0.15, -0.1) is 0 Å². The first-order chi connectivity index (χ1) is 5.23. The topological polar surface area (TPSA) is 58.2 Å². The quantitative estimate of drug-likeness (QED) is 0.471. The normalized spacial score (nSPS) is 36.0. The summed E-state index contributed by atoms with van der Waals surface area (Å²) in [5.41, 5.74) is -0.392. The molecule has 4 heteroatoms. The van der Waals surface area contributed by atoms with E-state index in [1.165, 1.54) is 0 Å². The molecule has 2 saturated heterocycles. The Labute approximate surface area is 64.3 Å². The van der Waals surface area contributed by atoms with Crippen LogP contribution in [-0.2, 0) is 9.59 Å². The lowest BCUT2D eigenvalue weighted by atomic mass is 9.86. The monoisotopic (exact) mass is 154 g/mol. The second-order valence-electron chi connectivity index (χ2n) is 3.24. The lowest BCUT2D eigenvalue weighted by Gasteiger charge is -2.14. The molecule has 0 aromatic carbocycles. The molecule has 2 rings (SSSR count). The fourth-order valence-electron chi connectivity index (χ4n) is 1.75. The summed E-state index contributed by atoms with van der Waals surface area (Å²) in [7, 11) is 0. The van der Waals surface area contributed by atoms with E-state index in [9.17, 15) is 9.59 Å². The molecule has 60 valence electrons. The van der Waals surface area contributed by atoms with E-state index in [0.29, 0.717) is 19.5 Å². The molecule has 2 aliphatic heterocycles. The number of rotatable bonds is 0. The van der Waals surface area contributed by atoms with Gasteiger partial charge in [-0.3, -0.25) is 9.59 Å². The van der Waals surface area contributed by atoms with Gasteiger partial charge in [0.05, 0.1) is 5.41 Å². The molecule has 0 aliphatic carbocycles. The molecule has 2 heterocycles. The Bertz CT molecular complexity index is 226. The molecule has 2 aliphatic rings. The average Bonchev–Trinajstić information content (AvgIpc) is 2.46. The van der Waals surface area contributed by atoms with E-state index in [4.69, 9.17) is 0 Å². The summed E-state index contributed by atoms with van der Waals surface area (Å²) in [6.45, 7) is 1.24. The van der Waals surface area contributed by atoms with Gasteiger partial charge in [-0.25, -0.2) is 0 Å². The third-order valence-electron chi connectivity index (χ3n) is 2.49. The molecule has 1 unspecified atom stereocenters. The number of carbonyl (C=O) groups is 2. The predicted octanol–water partition coefficient (Wildman–Crippen LogP) is -0.987. The lowest BCUT2D eigenvalue weighted by Crippen LogP contribution is -2.32. The zero-order valence-electron chi connectivity index (χ0n) is 6.14. The van der Waals surface area contributed by atoms with Crippen molar-refractivity contribution in [2.45, 2.75) is 12.8 Å². The first-order valence-electron chi connectivity index (χ1n) is 3.78. The van der Waals surface area contributed by atoms with Gasteiger partial charge in [0.25, 0.3) is 0 Å². The van der Waals surface area contributed by atoms with Crippen LogP contribution in [0.25, 0.3) is 0 Å². The lowest BCUT2D eigenvalue weighted by molar-refractivity contribution is -0.128. The van der Waals surface area contributed by atoms with Crippen molar-refractivity contribution in [1.29, 1.82) is 0 Å². The highest BCUT2D eigenvalue weighted by atomic mass is 16.2. The van der Waals surface area contributed by atoms with E-state index < -0.39 is 5.41 Å². The smallest absolute Gasteiger partial charge is 0.228 e. The van der Waals surface area contributed by atoms with Gasteiger partial charge in [-0.2, -0.15) is 0 Å². The molecule has 2 fully saturated rings. The van der Waals surface area contributed by atoms with Crippen molar-refractivity contribution in [3.05, 3.63) is 0 Å². The molecular weight excluding hydrogens is 144 g/mol. The Morgan fingerprint density at radius 2 is 2.09 bits per heavy atom. The highest BCUT2D eigenvalue weighted by Gasteiger charge is 2.47. The minimum atomic E-state index is -0.392. The van der Waals surface area contributed by atoms with Gasteiger partial charge in [-0.05, 0) is 6.42 Å². The Balaban J connectivity index is 2.22. The second-order valence-corrected chi connectivity index (χ2v) is 3.24. The van der Waals surface area contributed by atoms with Crippen LogP contribution in [0.4, 0.5) is 0 Å². The molecule has 0 radical (unpaired) electrons. The van der Waals surface area contributed by atoms with Gasteiger partial charge in [0.2, 0.25) is 11.8 Å². The minimum Gasteiger partial charge on any atom is -0.356 e. The standard InChI is InChI=1S/C7H10N2O2/c10-5-3-7(4-9-5)1-2-8-6(7)11/h1-4H2,(H,8,11)(H,9,10). The fourth-order valence-corrected chi connectivity index (χ4v) is 1.75. The maximum absolute atomic E-state index is 11.2. The number of amides is 2. The fraction of sp³-hybridized carbons (Fsp3) is 0.714. The molecule has 2 amide bonds. The summed E-state index contributed by atoms with van der Waals surface area (Å²) in [4.78, 5) is 22.1. The molecule has 0 aromatic heterocycles. The number of hydrogen-bond acceptors (Lipinski definition) is 2. The second kappa shape index (κ2) is 1.96. The highest BCUT2D eigenvalue weighted by Crippen LogP contribution is 2.33. The van der Waals surface area contributed by atoms with Crippen LogP contribution in [0, 0.1) is 5.41 Å². The van der Waals surface area contributed by atoms with Gasteiger partial charge in [0.1, 0.15) is 0 Å². The van der Waals surface area contributed by atoms with Crippen LogP contribution in [0.15, 0.2) is 0 Å². The van der Waals surface area contributed by atoms with Crippen molar-refractivity contribution in [2.24, 2.45) is 5.41 Å². The van der Waals surface area contributed by atoms with Crippen LogP contribution in [-0.4, -0.2) is 24.9 Å². The van der Waals surface area contributed by atoms with Crippen molar-refractivity contribution < 1.29 is 9.59 Å². The van der Waals surface area contributed by atoms with Crippen LogP contribution in [0.5, 0.6) is 0 Å². The summed E-state index contributed by atoms with van der Waals surface area (Å²) in [5.74, 6) is 0.0397. The van der Waals surface area contributed by atoms with Crippen molar-refractivity contribution in [3.8, 4) is 0 Å². The van der Waals surface area contributed by atoms with E-state index in [-0.39, 0.29) is 11.8 Å². The average molecular weight is 154 g/mol. The molecule has 1 atom stereocenters. The van der Waals surface area contributed by atoms with Gasteiger partial charge in [0.15, 0.2) is 0 Å². The predicted molar refractivity (Wildman–Crippen MR) is 37.7 cm³/mol.